The molecular weight excluding hydrogens is 394 g/mol. The number of rotatable bonds is 9. The minimum Gasteiger partial charge on any atom is -0.507 e. The van der Waals surface area contributed by atoms with E-state index < -0.39 is 17.7 Å². The fourth-order valence-electron chi connectivity index (χ4n) is 3.60. The van der Waals surface area contributed by atoms with Gasteiger partial charge in [0, 0.05) is 25.8 Å². The molecule has 0 aromatic heterocycles. The van der Waals surface area contributed by atoms with Crippen LogP contribution in [0.4, 0.5) is 0 Å². The maximum Gasteiger partial charge on any atom is 0.295 e. The highest BCUT2D eigenvalue weighted by molar-refractivity contribution is 6.46. The largest absolute Gasteiger partial charge is 0.507 e. The summed E-state index contributed by atoms with van der Waals surface area (Å²) in [4.78, 5) is 27.2. The van der Waals surface area contributed by atoms with Gasteiger partial charge in [0.2, 0.25) is 0 Å². The molecule has 0 unspecified atom stereocenters. The van der Waals surface area contributed by atoms with Crippen molar-refractivity contribution < 1.29 is 24.2 Å². The number of methoxy groups -OCH3 is 1. The Kier molecular flexibility index (Phi) is 7.47. The molecule has 164 valence electrons. The van der Waals surface area contributed by atoms with E-state index in [4.69, 9.17) is 9.47 Å². The minimum atomic E-state index is -0.677. The molecule has 3 rings (SSSR count). The molecule has 0 saturated carbocycles. The topological polar surface area (TPSA) is 76.1 Å². The smallest absolute Gasteiger partial charge is 0.295 e. The first-order valence-electron chi connectivity index (χ1n) is 10.5. The second kappa shape index (κ2) is 10.3. The number of hydrogen-bond donors (Lipinski definition) is 1. The number of aliphatic hydroxyl groups excluding tert-OH is 1. The zero-order chi connectivity index (χ0) is 22.4. The lowest BCUT2D eigenvalue weighted by atomic mass is 9.95. The molecule has 1 atom stereocenters. The molecule has 1 saturated heterocycles. The first kappa shape index (κ1) is 22.6. The maximum atomic E-state index is 12.9. The van der Waals surface area contributed by atoms with E-state index in [1.807, 2.05) is 30.3 Å². The molecule has 31 heavy (non-hydrogen) atoms. The summed E-state index contributed by atoms with van der Waals surface area (Å²) in [6.45, 7) is 5.55. The Morgan fingerprint density at radius 3 is 2.35 bits per heavy atom. The minimum absolute atomic E-state index is 0.101. The van der Waals surface area contributed by atoms with Crippen LogP contribution in [0.1, 0.15) is 37.4 Å². The molecule has 0 aliphatic carbocycles. The van der Waals surface area contributed by atoms with Crippen molar-refractivity contribution in [2.45, 2.75) is 26.3 Å². The third-order valence-corrected chi connectivity index (χ3v) is 5.11. The molecule has 0 bridgehead atoms. The first-order chi connectivity index (χ1) is 14.9. The zero-order valence-electron chi connectivity index (χ0n) is 18.2. The predicted octanol–water partition coefficient (Wildman–Crippen LogP) is 4.18. The van der Waals surface area contributed by atoms with Gasteiger partial charge in [0.05, 0.1) is 18.2 Å². The molecule has 1 heterocycles. The van der Waals surface area contributed by atoms with Crippen molar-refractivity contribution in [1.29, 1.82) is 0 Å². The van der Waals surface area contributed by atoms with Crippen molar-refractivity contribution in [3.8, 4) is 5.75 Å². The molecule has 1 aliphatic heterocycles. The van der Waals surface area contributed by atoms with Crippen molar-refractivity contribution >= 4 is 17.4 Å². The van der Waals surface area contributed by atoms with E-state index in [2.05, 4.69) is 13.8 Å². The van der Waals surface area contributed by atoms with Gasteiger partial charge in [-0.25, -0.2) is 0 Å². The molecule has 0 radical (unpaired) electrons. The highest BCUT2D eigenvalue weighted by Crippen LogP contribution is 2.39. The summed E-state index contributed by atoms with van der Waals surface area (Å²) in [5.41, 5.74) is 1.34. The second-order valence-corrected chi connectivity index (χ2v) is 7.98. The van der Waals surface area contributed by atoms with Crippen LogP contribution < -0.4 is 4.74 Å². The lowest BCUT2D eigenvalue weighted by Gasteiger charge is -2.25. The molecule has 6 heteroatoms. The number of nitrogens with zero attached hydrogens (tertiary/aromatic N) is 1. The normalized spacial score (nSPS) is 18.1. The Labute approximate surface area is 183 Å². The monoisotopic (exact) mass is 423 g/mol. The van der Waals surface area contributed by atoms with E-state index in [0.717, 1.165) is 5.56 Å². The quantitative estimate of drug-likeness (QED) is 0.283. The van der Waals surface area contributed by atoms with Crippen LogP contribution in [0.15, 0.2) is 60.2 Å². The van der Waals surface area contributed by atoms with Gasteiger partial charge in [0.1, 0.15) is 11.5 Å². The third-order valence-electron chi connectivity index (χ3n) is 5.11. The van der Waals surface area contributed by atoms with Gasteiger partial charge in [-0.05, 0) is 42.2 Å². The number of ether oxygens (including phenoxy) is 2. The van der Waals surface area contributed by atoms with E-state index in [1.165, 1.54) is 4.90 Å². The molecule has 2 aromatic rings. The van der Waals surface area contributed by atoms with Crippen LogP contribution in [0.25, 0.3) is 5.76 Å². The van der Waals surface area contributed by atoms with Gasteiger partial charge in [-0.3, -0.25) is 9.59 Å². The van der Waals surface area contributed by atoms with Crippen LogP contribution in [0.5, 0.6) is 5.75 Å². The van der Waals surface area contributed by atoms with Crippen molar-refractivity contribution in [3.05, 3.63) is 71.3 Å². The Hall–Kier alpha value is -3.12. The van der Waals surface area contributed by atoms with E-state index in [0.29, 0.717) is 43.4 Å². The van der Waals surface area contributed by atoms with Crippen LogP contribution >= 0.6 is 0 Å². The van der Waals surface area contributed by atoms with Gasteiger partial charge < -0.3 is 19.5 Å². The standard InChI is InChI=1S/C25H29NO5/c1-17(2)16-31-20-12-10-19(11-13-20)23(27)21-22(18-8-5-4-6-9-18)26(14-7-15-30-3)25(29)24(21)28/h4-6,8-13,17,22,27H,7,14-16H2,1-3H3/b23-21+/t22-/m0/s1. The number of likely N-dealkylation sites (tertiary alicyclic amines) is 1. The maximum absolute atomic E-state index is 12.9. The summed E-state index contributed by atoms with van der Waals surface area (Å²) in [6, 6.07) is 15.6. The lowest BCUT2D eigenvalue weighted by Crippen LogP contribution is -2.31. The highest BCUT2D eigenvalue weighted by Gasteiger charge is 2.45. The first-order valence-corrected chi connectivity index (χ1v) is 10.5. The number of ketones is 1. The summed E-state index contributed by atoms with van der Waals surface area (Å²) in [7, 11) is 1.59. The van der Waals surface area contributed by atoms with Crippen LogP contribution in [-0.2, 0) is 14.3 Å². The average molecular weight is 424 g/mol. The third kappa shape index (κ3) is 5.14. The van der Waals surface area contributed by atoms with Crippen LogP contribution in [-0.4, -0.2) is 48.6 Å². The van der Waals surface area contributed by atoms with Crippen molar-refractivity contribution in [2.24, 2.45) is 5.92 Å². The van der Waals surface area contributed by atoms with Gasteiger partial charge in [-0.1, -0.05) is 44.2 Å². The van der Waals surface area contributed by atoms with Gasteiger partial charge in [0.25, 0.3) is 11.7 Å². The molecule has 1 amide bonds. The predicted molar refractivity (Wildman–Crippen MR) is 119 cm³/mol. The number of carbonyl (C=O) groups is 2. The summed E-state index contributed by atoms with van der Waals surface area (Å²) in [6.07, 6.45) is 0.592. The van der Waals surface area contributed by atoms with E-state index in [1.54, 1.807) is 31.4 Å². The zero-order valence-corrected chi connectivity index (χ0v) is 18.2. The fraction of sp³-hybridized carbons (Fsp3) is 0.360. The molecule has 0 spiro atoms. The lowest BCUT2D eigenvalue weighted by molar-refractivity contribution is -0.140. The SMILES string of the molecule is COCCCN1C(=O)C(=O)/C(=C(/O)c2ccc(OCC(C)C)cc2)[C@@H]1c1ccccc1. The van der Waals surface area contributed by atoms with E-state index in [9.17, 15) is 14.7 Å². The number of hydrogen-bond acceptors (Lipinski definition) is 5. The summed E-state index contributed by atoms with van der Waals surface area (Å²) in [5.74, 6) is -0.387. The van der Waals surface area contributed by atoms with Gasteiger partial charge in [0.15, 0.2) is 0 Å². The highest BCUT2D eigenvalue weighted by atomic mass is 16.5. The van der Waals surface area contributed by atoms with Crippen molar-refractivity contribution in [3.63, 3.8) is 0 Å². The van der Waals surface area contributed by atoms with Crippen molar-refractivity contribution in [1.82, 2.24) is 4.90 Å². The average Bonchev–Trinajstić information content (AvgIpc) is 3.03. The molecule has 2 aromatic carbocycles. The second-order valence-electron chi connectivity index (χ2n) is 7.98. The molecule has 6 nitrogen and oxygen atoms in total. The van der Waals surface area contributed by atoms with Crippen LogP contribution in [0.2, 0.25) is 0 Å². The number of carbonyl (C=O) groups excluding carboxylic acids is 2. The molecule has 1 aliphatic rings. The van der Waals surface area contributed by atoms with E-state index in [-0.39, 0.29) is 11.3 Å². The Balaban J connectivity index is 1.98. The number of amides is 1. The summed E-state index contributed by atoms with van der Waals surface area (Å²) in [5, 5.41) is 11.1. The molecule has 1 N–H and O–H groups in total. The van der Waals surface area contributed by atoms with Gasteiger partial charge in [-0.2, -0.15) is 0 Å². The summed E-state index contributed by atoms with van der Waals surface area (Å²) < 4.78 is 10.8. The number of benzene rings is 2. The van der Waals surface area contributed by atoms with E-state index >= 15 is 0 Å². The number of aliphatic hydroxyl groups is 1. The Morgan fingerprint density at radius 1 is 1.06 bits per heavy atom. The van der Waals surface area contributed by atoms with Crippen molar-refractivity contribution in [2.75, 3.05) is 26.9 Å². The molecular formula is C25H29NO5. The Morgan fingerprint density at radius 2 is 1.74 bits per heavy atom. The molecule has 1 fully saturated rings. The van der Waals surface area contributed by atoms with Gasteiger partial charge >= 0.3 is 0 Å². The number of Topliss-reactive ketones (excluding diaryl/α,β-unsaturated/α-hetero) is 1. The van der Waals surface area contributed by atoms with Gasteiger partial charge in [-0.15, -0.1) is 0 Å². The van der Waals surface area contributed by atoms with Crippen LogP contribution in [0, 0.1) is 5.92 Å². The Bertz CT molecular complexity index is 934. The van der Waals surface area contributed by atoms with Crippen LogP contribution in [0.3, 0.4) is 0 Å². The summed E-state index contributed by atoms with van der Waals surface area (Å²) >= 11 is 0. The fourth-order valence-corrected chi connectivity index (χ4v) is 3.60.